The standard InChI is InChI=1S/C11H9F3OS2/c1-15-6-3-4-7-8(5-6)17-10(16-2)9(7)11(12,13)14/h3-5H,1-2H3. The Hall–Kier alpha value is -0.880. The Morgan fingerprint density at radius 2 is 2.00 bits per heavy atom. The van der Waals surface area contributed by atoms with Crippen LogP contribution in [0.5, 0.6) is 5.75 Å². The molecule has 0 unspecified atom stereocenters. The van der Waals surface area contributed by atoms with E-state index in [1.54, 1.807) is 18.4 Å². The lowest BCUT2D eigenvalue weighted by molar-refractivity contribution is -0.137. The van der Waals surface area contributed by atoms with Crippen molar-refractivity contribution in [3.63, 3.8) is 0 Å². The molecule has 0 atom stereocenters. The van der Waals surface area contributed by atoms with Gasteiger partial charge in [0.1, 0.15) is 5.75 Å². The Balaban J connectivity index is 2.73. The highest BCUT2D eigenvalue weighted by Gasteiger charge is 2.37. The van der Waals surface area contributed by atoms with Crippen LogP contribution in [0.25, 0.3) is 10.1 Å². The zero-order chi connectivity index (χ0) is 12.6. The fourth-order valence-corrected chi connectivity index (χ4v) is 3.61. The van der Waals surface area contributed by atoms with Crippen molar-refractivity contribution in [3.8, 4) is 5.75 Å². The molecule has 0 saturated carbocycles. The van der Waals surface area contributed by atoms with Crippen LogP contribution in [0.15, 0.2) is 22.4 Å². The monoisotopic (exact) mass is 278 g/mol. The van der Waals surface area contributed by atoms with Gasteiger partial charge in [0.15, 0.2) is 0 Å². The second-order valence-corrected chi connectivity index (χ2v) is 5.46. The molecule has 2 aromatic rings. The molecule has 0 aliphatic rings. The molecular formula is C11H9F3OS2. The van der Waals surface area contributed by atoms with Gasteiger partial charge in [-0.1, -0.05) is 0 Å². The van der Waals surface area contributed by atoms with E-state index in [0.29, 0.717) is 14.7 Å². The summed E-state index contributed by atoms with van der Waals surface area (Å²) in [4.78, 5) is 0. The third-order valence-corrected chi connectivity index (χ3v) is 4.61. The highest BCUT2D eigenvalue weighted by molar-refractivity contribution is 8.00. The Kier molecular flexibility index (Phi) is 3.27. The Morgan fingerprint density at radius 1 is 1.29 bits per heavy atom. The van der Waals surface area contributed by atoms with Crippen LogP contribution in [0.3, 0.4) is 0 Å². The fourth-order valence-electron chi connectivity index (χ4n) is 1.59. The van der Waals surface area contributed by atoms with Gasteiger partial charge in [0.2, 0.25) is 0 Å². The van der Waals surface area contributed by atoms with E-state index in [0.717, 1.165) is 23.1 Å². The fraction of sp³-hybridized carbons (Fsp3) is 0.273. The third kappa shape index (κ3) is 2.24. The average molecular weight is 278 g/mol. The van der Waals surface area contributed by atoms with Crippen molar-refractivity contribution in [2.75, 3.05) is 13.4 Å². The van der Waals surface area contributed by atoms with Crippen molar-refractivity contribution >= 4 is 33.2 Å². The average Bonchev–Trinajstić information content (AvgIpc) is 2.65. The van der Waals surface area contributed by atoms with Crippen molar-refractivity contribution in [2.24, 2.45) is 0 Å². The molecule has 1 heterocycles. The van der Waals surface area contributed by atoms with Crippen molar-refractivity contribution in [3.05, 3.63) is 23.8 Å². The second kappa shape index (κ2) is 4.42. The number of benzene rings is 1. The highest BCUT2D eigenvalue weighted by atomic mass is 32.2. The summed E-state index contributed by atoms with van der Waals surface area (Å²) in [6, 6.07) is 4.65. The van der Waals surface area contributed by atoms with Crippen LogP contribution >= 0.6 is 23.1 Å². The molecule has 1 aromatic heterocycles. The molecule has 0 aliphatic carbocycles. The van der Waals surface area contributed by atoms with Crippen molar-refractivity contribution < 1.29 is 17.9 Å². The normalized spacial score (nSPS) is 12.1. The summed E-state index contributed by atoms with van der Waals surface area (Å²) in [6.45, 7) is 0. The maximum absolute atomic E-state index is 12.9. The lowest BCUT2D eigenvalue weighted by Gasteiger charge is -2.07. The van der Waals surface area contributed by atoms with Gasteiger partial charge in [0.05, 0.1) is 16.9 Å². The quantitative estimate of drug-likeness (QED) is 0.739. The topological polar surface area (TPSA) is 9.23 Å². The number of rotatable bonds is 2. The maximum atomic E-state index is 12.9. The number of methoxy groups -OCH3 is 1. The van der Waals surface area contributed by atoms with Crippen LogP contribution in [-0.4, -0.2) is 13.4 Å². The molecule has 0 bridgehead atoms. The zero-order valence-electron chi connectivity index (χ0n) is 9.09. The van der Waals surface area contributed by atoms with Crippen molar-refractivity contribution in [2.45, 2.75) is 10.4 Å². The first-order chi connectivity index (χ1) is 7.97. The minimum Gasteiger partial charge on any atom is -0.497 e. The van der Waals surface area contributed by atoms with Crippen molar-refractivity contribution in [1.82, 2.24) is 0 Å². The molecule has 0 radical (unpaired) electrons. The summed E-state index contributed by atoms with van der Waals surface area (Å²) in [5.41, 5.74) is -0.535. The van der Waals surface area contributed by atoms with Gasteiger partial charge in [-0.3, -0.25) is 0 Å². The second-order valence-electron chi connectivity index (χ2n) is 3.33. The first-order valence-electron chi connectivity index (χ1n) is 4.69. The van der Waals surface area contributed by atoms with Gasteiger partial charge >= 0.3 is 6.18 Å². The third-order valence-electron chi connectivity index (χ3n) is 2.33. The Bertz CT molecular complexity index is 545. The molecule has 0 spiro atoms. The molecule has 1 nitrogen and oxygen atoms in total. The molecule has 6 heteroatoms. The number of thioether (sulfide) groups is 1. The molecule has 0 N–H and O–H groups in total. The smallest absolute Gasteiger partial charge is 0.418 e. The number of ether oxygens (including phenoxy) is 1. The van der Waals surface area contributed by atoms with E-state index >= 15 is 0 Å². The van der Waals surface area contributed by atoms with E-state index in [1.165, 1.54) is 13.2 Å². The van der Waals surface area contributed by atoms with Crippen LogP contribution in [0, 0.1) is 0 Å². The van der Waals surface area contributed by atoms with Gasteiger partial charge in [-0.15, -0.1) is 23.1 Å². The van der Waals surface area contributed by atoms with Crippen LogP contribution < -0.4 is 4.74 Å². The molecule has 17 heavy (non-hydrogen) atoms. The maximum Gasteiger partial charge on any atom is 0.418 e. The molecular weight excluding hydrogens is 269 g/mol. The van der Waals surface area contributed by atoms with Gasteiger partial charge in [0.25, 0.3) is 0 Å². The lowest BCUT2D eigenvalue weighted by Crippen LogP contribution is -2.04. The predicted octanol–water partition coefficient (Wildman–Crippen LogP) is 4.65. The van der Waals surface area contributed by atoms with E-state index in [4.69, 9.17) is 4.74 Å². The number of halogens is 3. The van der Waals surface area contributed by atoms with Crippen LogP contribution in [0.4, 0.5) is 13.2 Å². The number of alkyl halides is 3. The van der Waals surface area contributed by atoms with E-state index in [2.05, 4.69) is 0 Å². The molecule has 0 saturated heterocycles. The van der Waals surface area contributed by atoms with Crippen LogP contribution in [0.2, 0.25) is 0 Å². The minimum absolute atomic E-state index is 0.243. The van der Waals surface area contributed by atoms with E-state index in [-0.39, 0.29) is 5.39 Å². The van der Waals surface area contributed by atoms with Gasteiger partial charge in [-0.2, -0.15) is 13.2 Å². The lowest BCUT2D eigenvalue weighted by atomic mass is 10.1. The number of hydrogen-bond acceptors (Lipinski definition) is 3. The van der Waals surface area contributed by atoms with E-state index in [9.17, 15) is 13.2 Å². The minimum atomic E-state index is -4.31. The number of hydrogen-bond donors (Lipinski definition) is 0. The Labute approximate surface area is 105 Å². The van der Waals surface area contributed by atoms with E-state index in [1.807, 2.05) is 0 Å². The van der Waals surface area contributed by atoms with Gasteiger partial charge in [-0.05, 0) is 24.5 Å². The Morgan fingerprint density at radius 3 is 2.53 bits per heavy atom. The SMILES string of the molecule is COc1ccc2c(C(F)(F)F)c(SC)sc2c1. The van der Waals surface area contributed by atoms with Gasteiger partial charge in [-0.25, -0.2) is 0 Å². The molecule has 0 amide bonds. The summed E-state index contributed by atoms with van der Waals surface area (Å²) >= 11 is 2.26. The van der Waals surface area contributed by atoms with Crippen LogP contribution in [0.1, 0.15) is 5.56 Å². The molecule has 0 fully saturated rings. The van der Waals surface area contributed by atoms with Crippen molar-refractivity contribution in [1.29, 1.82) is 0 Å². The molecule has 0 aliphatic heterocycles. The summed E-state index contributed by atoms with van der Waals surface area (Å²) in [5.74, 6) is 0.570. The largest absolute Gasteiger partial charge is 0.497 e. The summed E-state index contributed by atoms with van der Waals surface area (Å²) < 4.78 is 44.7. The first kappa shape index (κ1) is 12.6. The summed E-state index contributed by atoms with van der Waals surface area (Å²) in [5, 5.41) is 0.243. The van der Waals surface area contributed by atoms with Crippen LogP contribution in [-0.2, 0) is 6.18 Å². The zero-order valence-corrected chi connectivity index (χ0v) is 10.7. The predicted molar refractivity (Wildman–Crippen MR) is 65.2 cm³/mol. The van der Waals surface area contributed by atoms with Gasteiger partial charge in [0, 0.05) is 10.1 Å². The summed E-state index contributed by atoms with van der Waals surface area (Å²) in [7, 11) is 1.49. The summed E-state index contributed by atoms with van der Waals surface area (Å²) in [6.07, 6.45) is -2.66. The van der Waals surface area contributed by atoms with E-state index < -0.39 is 11.7 Å². The highest BCUT2D eigenvalue weighted by Crippen LogP contribution is 2.46. The van der Waals surface area contributed by atoms with Gasteiger partial charge < -0.3 is 4.74 Å². The molecule has 2 rings (SSSR count). The number of fused-ring (bicyclic) bond motifs is 1. The number of thiophene rings is 1. The molecule has 1 aromatic carbocycles. The molecule has 92 valence electrons. The first-order valence-corrected chi connectivity index (χ1v) is 6.73.